The second-order valence-electron chi connectivity index (χ2n) is 8.25. The van der Waals surface area contributed by atoms with Gasteiger partial charge in [-0.25, -0.2) is 0 Å². The molecule has 0 heterocycles. The van der Waals surface area contributed by atoms with E-state index in [9.17, 15) is 14.7 Å². The summed E-state index contributed by atoms with van der Waals surface area (Å²) in [5.74, 6) is 2.25. The first-order chi connectivity index (χ1) is 10.0. The SMILES string of the molecule is C[C@]12CC[C@H]3[C@@H](CCC4C(=O)C(=O)CC[C@@H]43)[C@@H]1CC[C@@H]2O. The first-order valence-electron chi connectivity index (χ1n) is 8.77. The van der Waals surface area contributed by atoms with Crippen molar-refractivity contribution >= 4 is 11.6 Å². The van der Waals surface area contributed by atoms with Gasteiger partial charge in [-0.1, -0.05) is 6.92 Å². The largest absolute Gasteiger partial charge is 0.393 e. The van der Waals surface area contributed by atoms with Crippen LogP contribution in [0.5, 0.6) is 0 Å². The van der Waals surface area contributed by atoms with Crippen LogP contribution in [0.2, 0.25) is 0 Å². The number of Topliss-reactive ketones (excluding diaryl/α,β-unsaturated/α-hetero) is 2. The molecule has 4 fully saturated rings. The predicted octanol–water partition coefficient (Wildman–Crippen LogP) is 2.75. The molecule has 4 saturated carbocycles. The van der Waals surface area contributed by atoms with Crippen molar-refractivity contribution in [3.05, 3.63) is 0 Å². The summed E-state index contributed by atoms with van der Waals surface area (Å²) in [5.41, 5.74) is 0.114. The summed E-state index contributed by atoms with van der Waals surface area (Å²) < 4.78 is 0. The zero-order valence-electron chi connectivity index (χ0n) is 12.9. The lowest BCUT2D eigenvalue weighted by molar-refractivity contribution is -0.149. The lowest BCUT2D eigenvalue weighted by Gasteiger charge is -2.54. The van der Waals surface area contributed by atoms with E-state index >= 15 is 0 Å². The summed E-state index contributed by atoms with van der Waals surface area (Å²) in [4.78, 5) is 23.9. The van der Waals surface area contributed by atoms with Crippen LogP contribution in [0.25, 0.3) is 0 Å². The summed E-state index contributed by atoms with van der Waals surface area (Å²) in [5, 5.41) is 10.4. The van der Waals surface area contributed by atoms with E-state index in [1.165, 1.54) is 0 Å². The van der Waals surface area contributed by atoms with Gasteiger partial charge in [0.1, 0.15) is 0 Å². The fourth-order valence-electron chi connectivity index (χ4n) is 6.49. The van der Waals surface area contributed by atoms with Gasteiger partial charge in [-0.15, -0.1) is 0 Å². The minimum atomic E-state index is -0.129. The molecule has 21 heavy (non-hydrogen) atoms. The lowest BCUT2D eigenvalue weighted by atomic mass is 9.50. The van der Waals surface area contributed by atoms with Crippen molar-refractivity contribution in [3.63, 3.8) is 0 Å². The molecule has 4 rings (SSSR count). The normalized spacial score (nSPS) is 53.0. The highest BCUT2D eigenvalue weighted by Crippen LogP contribution is 2.61. The molecule has 0 aliphatic heterocycles. The molecule has 1 N–H and O–H groups in total. The van der Waals surface area contributed by atoms with E-state index in [4.69, 9.17) is 0 Å². The Kier molecular flexibility index (Phi) is 3.08. The Hall–Kier alpha value is -0.700. The topological polar surface area (TPSA) is 54.4 Å². The predicted molar refractivity (Wildman–Crippen MR) is 78.5 cm³/mol. The van der Waals surface area contributed by atoms with Gasteiger partial charge in [0.25, 0.3) is 0 Å². The second kappa shape index (κ2) is 4.65. The summed E-state index contributed by atoms with van der Waals surface area (Å²) in [6.07, 6.45) is 7.66. The maximum absolute atomic E-state index is 12.2. The highest BCUT2D eigenvalue weighted by molar-refractivity contribution is 6.38. The zero-order chi connectivity index (χ0) is 14.8. The molecule has 1 unspecified atom stereocenters. The molecule has 0 radical (unpaired) electrons. The van der Waals surface area contributed by atoms with E-state index in [0.29, 0.717) is 30.1 Å². The van der Waals surface area contributed by atoms with Crippen LogP contribution in [0.15, 0.2) is 0 Å². The molecule has 116 valence electrons. The van der Waals surface area contributed by atoms with E-state index in [1.807, 2.05) is 0 Å². The third-order valence-corrected chi connectivity index (χ3v) is 7.64. The molecule has 0 aromatic carbocycles. The van der Waals surface area contributed by atoms with Crippen LogP contribution in [0.4, 0.5) is 0 Å². The molecule has 4 aliphatic carbocycles. The Morgan fingerprint density at radius 3 is 2.57 bits per heavy atom. The van der Waals surface area contributed by atoms with Crippen molar-refractivity contribution in [2.45, 2.75) is 64.4 Å². The first-order valence-corrected chi connectivity index (χ1v) is 8.77. The van der Waals surface area contributed by atoms with Gasteiger partial charge in [0.2, 0.25) is 5.78 Å². The maximum Gasteiger partial charge on any atom is 0.201 e. The molecule has 3 heteroatoms. The molecule has 0 aromatic rings. The van der Waals surface area contributed by atoms with E-state index in [2.05, 4.69) is 6.92 Å². The number of fused-ring (bicyclic) bond motifs is 5. The zero-order valence-corrected chi connectivity index (χ0v) is 12.9. The molecule has 7 atom stereocenters. The fourth-order valence-corrected chi connectivity index (χ4v) is 6.49. The third kappa shape index (κ3) is 1.82. The van der Waals surface area contributed by atoms with Crippen LogP contribution < -0.4 is 0 Å². The first kappa shape index (κ1) is 13.9. The average Bonchev–Trinajstić information content (AvgIpc) is 2.78. The van der Waals surface area contributed by atoms with Crippen molar-refractivity contribution in [1.82, 2.24) is 0 Å². The van der Waals surface area contributed by atoms with Crippen LogP contribution in [-0.4, -0.2) is 22.8 Å². The number of carbonyl (C=O) groups is 2. The van der Waals surface area contributed by atoms with Crippen molar-refractivity contribution in [1.29, 1.82) is 0 Å². The van der Waals surface area contributed by atoms with Crippen molar-refractivity contribution in [2.75, 3.05) is 0 Å². The van der Waals surface area contributed by atoms with E-state index in [0.717, 1.165) is 44.9 Å². The van der Waals surface area contributed by atoms with E-state index < -0.39 is 0 Å². The summed E-state index contributed by atoms with van der Waals surface area (Å²) in [6, 6.07) is 0. The average molecular weight is 290 g/mol. The van der Waals surface area contributed by atoms with Crippen LogP contribution in [0, 0.1) is 35.0 Å². The second-order valence-corrected chi connectivity index (χ2v) is 8.25. The number of aliphatic hydroxyl groups excluding tert-OH is 1. The van der Waals surface area contributed by atoms with Gasteiger partial charge in [-0.3, -0.25) is 9.59 Å². The number of carbonyl (C=O) groups excluding carboxylic acids is 2. The van der Waals surface area contributed by atoms with Gasteiger partial charge in [-0.05, 0) is 74.0 Å². The van der Waals surface area contributed by atoms with Gasteiger partial charge < -0.3 is 5.11 Å². The minimum absolute atomic E-state index is 0.0307. The number of aliphatic hydroxyl groups is 1. The fraction of sp³-hybridized carbons (Fsp3) is 0.889. The lowest BCUT2D eigenvalue weighted by Crippen LogP contribution is -2.51. The van der Waals surface area contributed by atoms with Gasteiger partial charge >= 0.3 is 0 Å². The van der Waals surface area contributed by atoms with Crippen molar-refractivity contribution in [2.24, 2.45) is 35.0 Å². The molecule has 0 saturated heterocycles. The molecule has 0 bridgehead atoms. The van der Waals surface area contributed by atoms with Crippen LogP contribution in [0.1, 0.15) is 58.3 Å². The highest BCUT2D eigenvalue weighted by atomic mass is 16.3. The molecule has 0 amide bonds. The molecule has 4 aliphatic rings. The van der Waals surface area contributed by atoms with Gasteiger partial charge in [0.05, 0.1) is 6.10 Å². The Morgan fingerprint density at radius 2 is 1.76 bits per heavy atom. The van der Waals surface area contributed by atoms with Crippen molar-refractivity contribution in [3.8, 4) is 0 Å². The number of ketones is 2. The number of hydrogen-bond acceptors (Lipinski definition) is 3. The van der Waals surface area contributed by atoms with Crippen LogP contribution in [0.3, 0.4) is 0 Å². The smallest absolute Gasteiger partial charge is 0.201 e. The standard InChI is InChI=1S/C18H26O3/c1-18-9-8-11-10-4-6-15(19)17(21)13(10)3-2-12(11)14(18)5-7-16(18)20/h10-14,16,20H,2-9H2,1H3/t10-,11-,12-,13?,14+,16+,18+/m1/s1. The molecular weight excluding hydrogens is 264 g/mol. The quantitative estimate of drug-likeness (QED) is 0.698. The van der Waals surface area contributed by atoms with Gasteiger partial charge in [0.15, 0.2) is 5.78 Å². The Labute approximate surface area is 126 Å². The monoisotopic (exact) mass is 290 g/mol. The summed E-state index contributed by atoms with van der Waals surface area (Å²) in [6.45, 7) is 2.28. The molecule has 3 nitrogen and oxygen atoms in total. The van der Waals surface area contributed by atoms with Crippen LogP contribution in [-0.2, 0) is 9.59 Å². The van der Waals surface area contributed by atoms with Gasteiger partial charge in [-0.2, -0.15) is 0 Å². The van der Waals surface area contributed by atoms with Crippen molar-refractivity contribution < 1.29 is 14.7 Å². The van der Waals surface area contributed by atoms with E-state index in [1.54, 1.807) is 0 Å². The Balaban J connectivity index is 1.61. The summed E-state index contributed by atoms with van der Waals surface area (Å²) in [7, 11) is 0. The Morgan fingerprint density at radius 1 is 0.952 bits per heavy atom. The summed E-state index contributed by atoms with van der Waals surface area (Å²) >= 11 is 0. The third-order valence-electron chi connectivity index (χ3n) is 7.64. The Bertz CT molecular complexity index is 485. The van der Waals surface area contributed by atoms with Gasteiger partial charge in [0, 0.05) is 12.3 Å². The highest BCUT2D eigenvalue weighted by Gasteiger charge is 2.57. The maximum atomic E-state index is 12.2. The van der Waals surface area contributed by atoms with E-state index in [-0.39, 0.29) is 29.0 Å². The molecular formula is C18H26O3. The molecule has 0 spiro atoms. The minimum Gasteiger partial charge on any atom is -0.393 e. The molecule has 0 aromatic heterocycles. The number of hydrogen-bond donors (Lipinski definition) is 1. The number of rotatable bonds is 0. The van der Waals surface area contributed by atoms with Crippen LogP contribution >= 0.6 is 0 Å².